The molecule has 0 radical (unpaired) electrons. The summed E-state index contributed by atoms with van der Waals surface area (Å²) in [6, 6.07) is 1.63. The van der Waals surface area contributed by atoms with Gasteiger partial charge in [0.2, 0.25) is 10.0 Å². The molecular weight excluding hydrogens is 274 g/mol. The summed E-state index contributed by atoms with van der Waals surface area (Å²) in [7, 11) is -1.91. The maximum Gasteiger partial charge on any atom is 0.246 e. The molecule has 0 aromatic carbocycles. The fraction of sp³-hybridized carbons (Fsp3) is 0.643. The molecule has 0 spiro atoms. The van der Waals surface area contributed by atoms with Gasteiger partial charge in [0.05, 0.1) is 5.69 Å². The first-order chi connectivity index (χ1) is 9.32. The number of nitrogens with one attached hydrogen (secondary N) is 1. The van der Waals surface area contributed by atoms with Crippen LogP contribution in [0.4, 0.5) is 5.69 Å². The van der Waals surface area contributed by atoms with Gasteiger partial charge < -0.3 is 5.32 Å². The van der Waals surface area contributed by atoms with Crippen molar-refractivity contribution in [3.05, 3.63) is 18.5 Å². The summed E-state index contributed by atoms with van der Waals surface area (Å²) >= 11 is 0. The Kier molecular flexibility index (Phi) is 5.95. The summed E-state index contributed by atoms with van der Waals surface area (Å²) in [5.74, 6) is 0.249. The summed E-state index contributed by atoms with van der Waals surface area (Å²) in [4.78, 5) is 4.20. The zero-order chi connectivity index (χ0) is 15.3. The van der Waals surface area contributed by atoms with Crippen molar-refractivity contribution in [2.75, 3.05) is 18.9 Å². The van der Waals surface area contributed by atoms with Crippen LogP contribution in [0.1, 0.15) is 34.1 Å². The van der Waals surface area contributed by atoms with Crippen molar-refractivity contribution in [2.24, 2.45) is 5.92 Å². The van der Waals surface area contributed by atoms with E-state index < -0.39 is 10.0 Å². The number of hydrogen-bond donors (Lipinski definition) is 1. The SMILES string of the molecule is CCCNc1ccncc1S(=O)(=O)N(C)C(C)C(C)C. The standard InChI is InChI=1S/C14H25N3O2S/c1-6-8-16-13-7-9-15-10-14(13)20(18,19)17(5)12(4)11(2)3/h7,9-12H,6,8H2,1-5H3,(H,15,16). The molecule has 0 saturated carbocycles. The average Bonchev–Trinajstić information content (AvgIpc) is 2.43. The van der Waals surface area contributed by atoms with Crippen LogP contribution in [0.5, 0.6) is 0 Å². The third-order valence-corrected chi connectivity index (χ3v) is 5.52. The van der Waals surface area contributed by atoms with E-state index in [4.69, 9.17) is 0 Å². The molecule has 0 bridgehead atoms. The summed E-state index contributed by atoms with van der Waals surface area (Å²) < 4.78 is 26.8. The van der Waals surface area contributed by atoms with Crippen LogP contribution in [0.3, 0.4) is 0 Å². The molecule has 0 aliphatic carbocycles. The molecule has 1 heterocycles. The topological polar surface area (TPSA) is 62.3 Å². The predicted octanol–water partition coefficient (Wildman–Crippen LogP) is 2.57. The molecule has 0 aliphatic heterocycles. The first-order valence-corrected chi connectivity index (χ1v) is 8.42. The van der Waals surface area contributed by atoms with Crippen molar-refractivity contribution in [3.8, 4) is 0 Å². The van der Waals surface area contributed by atoms with Crippen molar-refractivity contribution in [1.82, 2.24) is 9.29 Å². The molecule has 0 aliphatic rings. The highest BCUT2D eigenvalue weighted by Crippen LogP contribution is 2.25. The van der Waals surface area contributed by atoms with E-state index >= 15 is 0 Å². The number of pyridine rings is 1. The molecule has 0 fully saturated rings. The van der Waals surface area contributed by atoms with Gasteiger partial charge in [0, 0.05) is 32.0 Å². The summed E-state index contributed by atoms with van der Waals surface area (Å²) in [6.07, 6.45) is 3.94. The van der Waals surface area contributed by atoms with Crippen LogP contribution < -0.4 is 5.32 Å². The van der Waals surface area contributed by atoms with Gasteiger partial charge in [-0.3, -0.25) is 4.98 Å². The molecule has 1 rings (SSSR count). The van der Waals surface area contributed by atoms with E-state index in [2.05, 4.69) is 10.3 Å². The van der Waals surface area contributed by atoms with Gasteiger partial charge in [-0.15, -0.1) is 0 Å². The Labute approximate surface area is 122 Å². The Hall–Kier alpha value is -1.14. The summed E-state index contributed by atoms with van der Waals surface area (Å²) in [5, 5.41) is 3.15. The van der Waals surface area contributed by atoms with E-state index in [0.29, 0.717) is 5.69 Å². The minimum Gasteiger partial charge on any atom is -0.384 e. The van der Waals surface area contributed by atoms with Crippen LogP contribution in [-0.2, 0) is 10.0 Å². The minimum absolute atomic E-state index is 0.0702. The highest BCUT2D eigenvalue weighted by molar-refractivity contribution is 7.89. The smallest absolute Gasteiger partial charge is 0.246 e. The first-order valence-electron chi connectivity index (χ1n) is 6.98. The number of hydrogen-bond acceptors (Lipinski definition) is 4. The molecule has 1 aromatic heterocycles. The number of rotatable bonds is 7. The Bertz CT molecular complexity index is 529. The normalized spacial score (nSPS) is 13.8. The Morgan fingerprint density at radius 1 is 1.35 bits per heavy atom. The van der Waals surface area contributed by atoms with Gasteiger partial charge in [0.1, 0.15) is 4.90 Å². The van der Waals surface area contributed by atoms with Gasteiger partial charge in [-0.1, -0.05) is 20.8 Å². The zero-order valence-corrected chi connectivity index (χ0v) is 13.7. The molecule has 114 valence electrons. The summed E-state index contributed by atoms with van der Waals surface area (Å²) in [6.45, 7) is 8.70. The average molecular weight is 299 g/mol. The quantitative estimate of drug-likeness (QED) is 0.840. The van der Waals surface area contributed by atoms with Crippen molar-refractivity contribution < 1.29 is 8.42 Å². The van der Waals surface area contributed by atoms with Crippen molar-refractivity contribution >= 4 is 15.7 Å². The molecule has 0 amide bonds. The monoisotopic (exact) mass is 299 g/mol. The molecule has 1 aromatic rings. The number of aromatic nitrogens is 1. The van der Waals surface area contributed by atoms with E-state index in [1.54, 1.807) is 19.3 Å². The number of anilines is 1. The fourth-order valence-corrected chi connectivity index (χ4v) is 3.39. The van der Waals surface area contributed by atoms with Crippen LogP contribution >= 0.6 is 0 Å². The lowest BCUT2D eigenvalue weighted by Crippen LogP contribution is -2.38. The van der Waals surface area contributed by atoms with Gasteiger partial charge in [0.25, 0.3) is 0 Å². The fourth-order valence-electron chi connectivity index (χ4n) is 1.79. The largest absolute Gasteiger partial charge is 0.384 e. The van der Waals surface area contributed by atoms with E-state index in [1.165, 1.54) is 10.5 Å². The van der Waals surface area contributed by atoms with Gasteiger partial charge in [0.15, 0.2) is 0 Å². The molecule has 6 heteroatoms. The number of nitrogens with zero attached hydrogens (tertiary/aromatic N) is 2. The third kappa shape index (κ3) is 3.70. The second-order valence-corrected chi connectivity index (χ2v) is 7.27. The molecule has 1 N–H and O–H groups in total. The summed E-state index contributed by atoms with van der Waals surface area (Å²) in [5.41, 5.74) is 0.615. The van der Waals surface area contributed by atoms with Crippen LogP contribution in [-0.4, -0.2) is 37.3 Å². The Morgan fingerprint density at radius 3 is 2.55 bits per heavy atom. The van der Waals surface area contributed by atoms with Crippen molar-refractivity contribution in [3.63, 3.8) is 0 Å². The highest BCUT2D eigenvalue weighted by Gasteiger charge is 2.29. The lowest BCUT2D eigenvalue weighted by Gasteiger charge is -2.27. The molecule has 0 saturated heterocycles. The van der Waals surface area contributed by atoms with E-state index in [0.717, 1.165) is 13.0 Å². The van der Waals surface area contributed by atoms with Crippen LogP contribution in [0.2, 0.25) is 0 Å². The molecule has 1 atom stereocenters. The second kappa shape index (κ2) is 7.04. The van der Waals surface area contributed by atoms with E-state index in [1.807, 2.05) is 27.7 Å². The minimum atomic E-state index is -3.54. The maximum absolute atomic E-state index is 12.7. The Morgan fingerprint density at radius 2 is 2.00 bits per heavy atom. The van der Waals surface area contributed by atoms with Crippen molar-refractivity contribution in [2.45, 2.75) is 45.1 Å². The highest BCUT2D eigenvalue weighted by atomic mass is 32.2. The van der Waals surface area contributed by atoms with E-state index in [9.17, 15) is 8.42 Å². The van der Waals surface area contributed by atoms with Crippen LogP contribution in [0.25, 0.3) is 0 Å². The molecule has 20 heavy (non-hydrogen) atoms. The maximum atomic E-state index is 12.7. The van der Waals surface area contributed by atoms with Gasteiger partial charge in [-0.25, -0.2) is 8.42 Å². The molecular formula is C14H25N3O2S. The lowest BCUT2D eigenvalue weighted by molar-refractivity contribution is 0.316. The first kappa shape index (κ1) is 16.9. The molecule has 5 nitrogen and oxygen atoms in total. The van der Waals surface area contributed by atoms with Gasteiger partial charge in [-0.2, -0.15) is 4.31 Å². The molecule has 1 unspecified atom stereocenters. The third-order valence-electron chi connectivity index (χ3n) is 3.55. The predicted molar refractivity (Wildman–Crippen MR) is 82.3 cm³/mol. The van der Waals surface area contributed by atoms with E-state index in [-0.39, 0.29) is 16.9 Å². The van der Waals surface area contributed by atoms with Crippen molar-refractivity contribution in [1.29, 1.82) is 0 Å². The number of sulfonamides is 1. The zero-order valence-electron chi connectivity index (χ0n) is 12.9. The van der Waals surface area contributed by atoms with Gasteiger partial charge >= 0.3 is 0 Å². The van der Waals surface area contributed by atoms with Crippen LogP contribution in [0.15, 0.2) is 23.4 Å². The van der Waals surface area contributed by atoms with Gasteiger partial charge in [-0.05, 0) is 25.3 Å². The Balaban J connectivity index is 3.15. The second-order valence-electron chi connectivity index (χ2n) is 5.30. The lowest BCUT2D eigenvalue weighted by atomic mass is 10.1. The van der Waals surface area contributed by atoms with Crippen LogP contribution in [0, 0.1) is 5.92 Å².